The Balaban J connectivity index is 2.51. The van der Waals surface area contributed by atoms with E-state index in [0.717, 1.165) is 0 Å². The standard InChI is InChI=1S/C14H12BrF2N/c1-18-8-10-7-9(5-6-13(10)16)11-3-2-4-12(15)14(11)17/h2-7,18H,8H2,1H3. The SMILES string of the molecule is CNCc1cc(-c2cccc(Br)c2F)ccc1F. The highest BCUT2D eigenvalue weighted by Crippen LogP contribution is 2.28. The number of halogens is 3. The van der Waals surface area contributed by atoms with Crippen molar-refractivity contribution in [1.82, 2.24) is 5.32 Å². The molecule has 0 saturated heterocycles. The van der Waals surface area contributed by atoms with Crippen LogP contribution in [0, 0.1) is 11.6 Å². The fourth-order valence-electron chi connectivity index (χ4n) is 1.79. The molecule has 0 unspecified atom stereocenters. The second kappa shape index (κ2) is 5.59. The van der Waals surface area contributed by atoms with E-state index in [1.807, 2.05) is 0 Å². The summed E-state index contributed by atoms with van der Waals surface area (Å²) in [6.07, 6.45) is 0. The van der Waals surface area contributed by atoms with E-state index in [1.165, 1.54) is 6.07 Å². The van der Waals surface area contributed by atoms with E-state index < -0.39 is 0 Å². The molecule has 0 aliphatic heterocycles. The van der Waals surface area contributed by atoms with Gasteiger partial charge >= 0.3 is 0 Å². The Morgan fingerprint density at radius 1 is 1.17 bits per heavy atom. The molecule has 0 saturated carbocycles. The van der Waals surface area contributed by atoms with E-state index in [9.17, 15) is 8.78 Å². The van der Waals surface area contributed by atoms with Gasteiger partial charge in [-0.05, 0) is 46.7 Å². The van der Waals surface area contributed by atoms with E-state index in [-0.39, 0.29) is 11.6 Å². The summed E-state index contributed by atoms with van der Waals surface area (Å²) >= 11 is 3.15. The van der Waals surface area contributed by atoms with Crippen molar-refractivity contribution in [3.05, 3.63) is 58.1 Å². The topological polar surface area (TPSA) is 12.0 Å². The summed E-state index contributed by atoms with van der Waals surface area (Å²) in [6.45, 7) is 0.412. The van der Waals surface area contributed by atoms with E-state index in [1.54, 1.807) is 37.4 Å². The minimum absolute atomic E-state index is 0.288. The zero-order valence-corrected chi connectivity index (χ0v) is 11.4. The largest absolute Gasteiger partial charge is 0.316 e. The zero-order chi connectivity index (χ0) is 13.1. The first kappa shape index (κ1) is 13.2. The van der Waals surface area contributed by atoms with Gasteiger partial charge in [0.1, 0.15) is 11.6 Å². The predicted octanol–water partition coefficient (Wildman–Crippen LogP) is 4.11. The monoisotopic (exact) mass is 311 g/mol. The molecule has 0 radical (unpaired) electrons. The normalized spacial score (nSPS) is 10.7. The minimum atomic E-state index is -0.334. The Morgan fingerprint density at radius 2 is 1.94 bits per heavy atom. The van der Waals surface area contributed by atoms with Gasteiger partial charge in [-0.25, -0.2) is 8.78 Å². The van der Waals surface area contributed by atoms with Gasteiger partial charge in [-0.15, -0.1) is 0 Å². The molecule has 18 heavy (non-hydrogen) atoms. The molecule has 0 bridgehead atoms. The molecular formula is C14H12BrF2N. The van der Waals surface area contributed by atoms with Crippen LogP contribution < -0.4 is 5.32 Å². The molecule has 0 fully saturated rings. The zero-order valence-electron chi connectivity index (χ0n) is 9.81. The van der Waals surface area contributed by atoms with Crippen LogP contribution in [0.1, 0.15) is 5.56 Å². The molecule has 0 atom stereocenters. The highest BCUT2D eigenvalue weighted by atomic mass is 79.9. The van der Waals surface area contributed by atoms with Crippen LogP contribution in [0.3, 0.4) is 0 Å². The van der Waals surface area contributed by atoms with Crippen molar-refractivity contribution < 1.29 is 8.78 Å². The molecule has 0 spiro atoms. The second-order valence-corrected chi connectivity index (χ2v) is 4.79. The number of hydrogen-bond donors (Lipinski definition) is 1. The van der Waals surface area contributed by atoms with Gasteiger partial charge in [-0.1, -0.05) is 18.2 Å². The summed E-state index contributed by atoms with van der Waals surface area (Å²) in [4.78, 5) is 0. The maximum absolute atomic E-state index is 13.9. The van der Waals surface area contributed by atoms with Crippen LogP contribution >= 0.6 is 15.9 Å². The van der Waals surface area contributed by atoms with Crippen molar-refractivity contribution in [2.24, 2.45) is 0 Å². The Kier molecular flexibility index (Phi) is 4.09. The molecule has 4 heteroatoms. The van der Waals surface area contributed by atoms with Gasteiger partial charge in [0.05, 0.1) is 4.47 Å². The maximum atomic E-state index is 13.9. The van der Waals surface area contributed by atoms with Crippen molar-refractivity contribution in [2.45, 2.75) is 6.54 Å². The van der Waals surface area contributed by atoms with Gasteiger partial charge in [0.25, 0.3) is 0 Å². The van der Waals surface area contributed by atoms with Gasteiger partial charge in [-0.3, -0.25) is 0 Å². The third-order valence-electron chi connectivity index (χ3n) is 2.68. The maximum Gasteiger partial charge on any atom is 0.145 e. The fraction of sp³-hybridized carbons (Fsp3) is 0.143. The van der Waals surface area contributed by atoms with E-state index in [2.05, 4.69) is 21.2 Å². The molecule has 0 heterocycles. The van der Waals surface area contributed by atoms with Crippen molar-refractivity contribution in [3.8, 4) is 11.1 Å². The molecule has 2 rings (SSSR count). The van der Waals surface area contributed by atoms with Crippen LogP contribution in [-0.4, -0.2) is 7.05 Å². The number of benzene rings is 2. The first-order valence-corrected chi connectivity index (χ1v) is 6.30. The molecule has 1 N–H and O–H groups in total. The van der Waals surface area contributed by atoms with Crippen LogP contribution in [-0.2, 0) is 6.54 Å². The molecule has 2 aromatic carbocycles. The van der Waals surface area contributed by atoms with E-state index in [0.29, 0.717) is 27.7 Å². The molecule has 94 valence electrons. The Hall–Kier alpha value is -1.26. The van der Waals surface area contributed by atoms with Gasteiger partial charge < -0.3 is 5.32 Å². The highest BCUT2D eigenvalue weighted by molar-refractivity contribution is 9.10. The molecule has 0 aliphatic rings. The van der Waals surface area contributed by atoms with Crippen molar-refractivity contribution in [3.63, 3.8) is 0 Å². The summed E-state index contributed by atoms with van der Waals surface area (Å²) in [6, 6.07) is 9.68. The molecule has 0 amide bonds. The van der Waals surface area contributed by atoms with Crippen molar-refractivity contribution in [2.75, 3.05) is 7.05 Å². The third kappa shape index (κ3) is 2.60. The molecule has 0 aromatic heterocycles. The van der Waals surface area contributed by atoms with Gasteiger partial charge in [0, 0.05) is 17.7 Å². The predicted molar refractivity (Wildman–Crippen MR) is 72.3 cm³/mol. The minimum Gasteiger partial charge on any atom is -0.316 e. The molecule has 0 aliphatic carbocycles. The molecule has 2 aromatic rings. The van der Waals surface area contributed by atoms with Gasteiger partial charge in [-0.2, -0.15) is 0 Å². The first-order chi connectivity index (χ1) is 8.63. The first-order valence-electron chi connectivity index (χ1n) is 5.51. The van der Waals surface area contributed by atoms with Gasteiger partial charge in [0.15, 0.2) is 0 Å². The highest BCUT2D eigenvalue weighted by Gasteiger charge is 2.10. The lowest BCUT2D eigenvalue weighted by Gasteiger charge is -2.08. The lowest BCUT2D eigenvalue weighted by atomic mass is 10.0. The van der Waals surface area contributed by atoms with Crippen LogP contribution in [0.4, 0.5) is 8.78 Å². The third-order valence-corrected chi connectivity index (χ3v) is 3.29. The van der Waals surface area contributed by atoms with E-state index >= 15 is 0 Å². The lowest BCUT2D eigenvalue weighted by molar-refractivity contribution is 0.600. The number of nitrogens with one attached hydrogen (secondary N) is 1. The molecule has 1 nitrogen and oxygen atoms in total. The molecular weight excluding hydrogens is 300 g/mol. The summed E-state index contributed by atoms with van der Waals surface area (Å²) < 4.78 is 27.9. The van der Waals surface area contributed by atoms with Crippen LogP contribution in [0.2, 0.25) is 0 Å². The van der Waals surface area contributed by atoms with Gasteiger partial charge in [0.2, 0.25) is 0 Å². The van der Waals surface area contributed by atoms with Crippen molar-refractivity contribution in [1.29, 1.82) is 0 Å². The Labute approximate surface area is 113 Å². The summed E-state index contributed by atoms with van der Waals surface area (Å²) in [5.74, 6) is -0.622. The number of hydrogen-bond acceptors (Lipinski definition) is 1. The summed E-state index contributed by atoms with van der Waals surface area (Å²) in [5.41, 5.74) is 1.65. The summed E-state index contributed by atoms with van der Waals surface area (Å²) in [7, 11) is 1.74. The van der Waals surface area contributed by atoms with Crippen LogP contribution in [0.5, 0.6) is 0 Å². The quantitative estimate of drug-likeness (QED) is 0.899. The lowest BCUT2D eigenvalue weighted by Crippen LogP contribution is -2.07. The number of rotatable bonds is 3. The van der Waals surface area contributed by atoms with E-state index in [4.69, 9.17) is 0 Å². The Bertz CT molecular complexity index is 570. The average Bonchev–Trinajstić information content (AvgIpc) is 2.36. The smallest absolute Gasteiger partial charge is 0.145 e. The van der Waals surface area contributed by atoms with Crippen LogP contribution in [0.15, 0.2) is 40.9 Å². The fourth-order valence-corrected chi connectivity index (χ4v) is 2.16. The average molecular weight is 312 g/mol. The Morgan fingerprint density at radius 3 is 2.67 bits per heavy atom. The summed E-state index contributed by atoms with van der Waals surface area (Å²) in [5, 5.41) is 2.89. The second-order valence-electron chi connectivity index (χ2n) is 3.94. The van der Waals surface area contributed by atoms with Crippen molar-refractivity contribution >= 4 is 15.9 Å². The van der Waals surface area contributed by atoms with Crippen LogP contribution in [0.25, 0.3) is 11.1 Å².